The van der Waals surface area contributed by atoms with E-state index in [1.54, 1.807) is 0 Å². The fraction of sp³-hybridized carbons (Fsp3) is 0.579. The van der Waals surface area contributed by atoms with Crippen LogP contribution in [0.25, 0.3) is 0 Å². The summed E-state index contributed by atoms with van der Waals surface area (Å²) in [4.78, 5) is 11.2. The lowest BCUT2D eigenvalue weighted by atomic mass is 9.95. The second-order valence-electron chi connectivity index (χ2n) is 7.65. The Hall–Kier alpha value is -2.24. The Morgan fingerprint density at radius 2 is 1.84 bits per heavy atom. The monoisotopic (exact) mass is 336 g/mol. The van der Waals surface area contributed by atoms with Crippen LogP contribution in [0.4, 0.5) is 11.8 Å². The summed E-state index contributed by atoms with van der Waals surface area (Å²) in [6.07, 6.45) is 11.3. The molecule has 0 unspecified atom stereocenters. The maximum absolute atomic E-state index is 4.44. The lowest BCUT2D eigenvalue weighted by molar-refractivity contribution is 0.424. The van der Waals surface area contributed by atoms with Gasteiger partial charge < -0.3 is 10.2 Å². The summed E-state index contributed by atoms with van der Waals surface area (Å²) in [5.41, 5.74) is 3.90. The van der Waals surface area contributed by atoms with Crippen molar-refractivity contribution in [2.45, 2.75) is 44.4 Å². The van der Waals surface area contributed by atoms with Crippen molar-refractivity contribution in [1.82, 2.24) is 20.2 Å². The van der Waals surface area contributed by atoms with Crippen LogP contribution in [0, 0.1) is 5.92 Å². The summed E-state index contributed by atoms with van der Waals surface area (Å²) < 4.78 is 0. The van der Waals surface area contributed by atoms with E-state index in [9.17, 15) is 0 Å². The number of anilines is 2. The van der Waals surface area contributed by atoms with E-state index in [2.05, 4.69) is 36.4 Å². The smallest absolute Gasteiger partial charge is 0.222 e. The SMILES string of the molecule is c1nc(NCC2CN(c3cc4c(nn3)CCCC4)C2)ncc1C1CC1. The second-order valence-corrected chi connectivity index (χ2v) is 7.65. The molecule has 1 N–H and O–H groups in total. The molecule has 5 rings (SSSR count). The van der Waals surface area contributed by atoms with Gasteiger partial charge in [-0.15, -0.1) is 5.10 Å². The molecule has 0 bridgehead atoms. The van der Waals surface area contributed by atoms with Gasteiger partial charge in [0.1, 0.15) is 0 Å². The van der Waals surface area contributed by atoms with E-state index in [1.165, 1.54) is 42.5 Å². The fourth-order valence-electron chi connectivity index (χ4n) is 3.81. The molecule has 130 valence electrons. The van der Waals surface area contributed by atoms with Gasteiger partial charge in [0.25, 0.3) is 0 Å². The van der Waals surface area contributed by atoms with Crippen LogP contribution in [0.1, 0.15) is 48.4 Å². The summed E-state index contributed by atoms with van der Waals surface area (Å²) in [6.45, 7) is 2.97. The molecule has 0 aromatic carbocycles. The molecule has 0 atom stereocenters. The standard InChI is InChI=1S/C19H24N6/c1-2-4-17-15(3-1)7-18(24-23-17)25-11-13(12-25)8-20-19-21-9-16(10-22-19)14-5-6-14/h7,9-10,13-14H,1-6,8,11-12H2,(H,20,21,22). The van der Waals surface area contributed by atoms with Crippen LogP contribution in [0.3, 0.4) is 0 Å². The molecule has 2 aromatic rings. The molecule has 25 heavy (non-hydrogen) atoms. The van der Waals surface area contributed by atoms with E-state index in [0.717, 1.165) is 44.2 Å². The highest BCUT2D eigenvalue weighted by Gasteiger charge is 2.29. The summed E-state index contributed by atoms with van der Waals surface area (Å²) >= 11 is 0. The van der Waals surface area contributed by atoms with Crippen molar-refractivity contribution < 1.29 is 0 Å². The first-order chi connectivity index (χ1) is 12.3. The zero-order valence-electron chi connectivity index (χ0n) is 14.5. The van der Waals surface area contributed by atoms with Gasteiger partial charge in [-0.2, -0.15) is 5.10 Å². The lowest BCUT2D eigenvalue weighted by Crippen LogP contribution is -2.50. The summed E-state index contributed by atoms with van der Waals surface area (Å²) in [7, 11) is 0. The third-order valence-corrected chi connectivity index (χ3v) is 5.61. The van der Waals surface area contributed by atoms with Crippen LogP contribution < -0.4 is 10.2 Å². The van der Waals surface area contributed by atoms with Gasteiger partial charge in [-0.25, -0.2) is 9.97 Å². The van der Waals surface area contributed by atoms with E-state index < -0.39 is 0 Å². The summed E-state index contributed by atoms with van der Waals surface area (Å²) in [6, 6.07) is 2.25. The fourth-order valence-corrected chi connectivity index (χ4v) is 3.81. The van der Waals surface area contributed by atoms with Crippen molar-refractivity contribution in [2.24, 2.45) is 5.92 Å². The van der Waals surface area contributed by atoms with Crippen molar-refractivity contribution in [3.8, 4) is 0 Å². The number of nitrogens with one attached hydrogen (secondary N) is 1. The van der Waals surface area contributed by atoms with Crippen molar-refractivity contribution in [2.75, 3.05) is 29.9 Å². The van der Waals surface area contributed by atoms with Crippen LogP contribution in [0.15, 0.2) is 18.5 Å². The highest BCUT2D eigenvalue weighted by atomic mass is 15.3. The van der Waals surface area contributed by atoms with Crippen LogP contribution in [0.2, 0.25) is 0 Å². The molecule has 2 aliphatic carbocycles. The van der Waals surface area contributed by atoms with Crippen molar-refractivity contribution in [3.63, 3.8) is 0 Å². The van der Waals surface area contributed by atoms with Gasteiger partial charge >= 0.3 is 0 Å². The van der Waals surface area contributed by atoms with Gasteiger partial charge in [0.15, 0.2) is 5.82 Å². The van der Waals surface area contributed by atoms with Crippen LogP contribution in [0.5, 0.6) is 0 Å². The third kappa shape index (κ3) is 3.17. The predicted molar refractivity (Wildman–Crippen MR) is 96.9 cm³/mol. The normalized spacial score (nSPS) is 20.1. The van der Waals surface area contributed by atoms with E-state index in [0.29, 0.717) is 11.8 Å². The maximum atomic E-state index is 4.44. The first-order valence-electron chi connectivity index (χ1n) is 9.51. The van der Waals surface area contributed by atoms with E-state index in [4.69, 9.17) is 0 Å². The van der Waals surface area contributed by atoms with Gasteiger partial charge in [-0.1, -0.05) is 0 Å². The van der Waals surface area contributed by atoms with Gasteiger partial charge in [0.05, 0.1) is 5.69 Å². The molecule has 2 fully saturated rings. The van der Waals surface area contributed by atoms with Crippen LogP contribution >= 0.6 is 0 Å². The zero-order chi connectivity index (χ0) is 16.6. The molecular formula is C19H24N6. The zero-order valence-corrected chi connectivity index (χ0v) is 14.5. The number of fused-ring (bicyclic) bond motifs is 1. The Balaban J connectivity index is 1.13. The topological polar surface area (TPSA) is 66.8 Å². The number of aromatic nitrogens is 4. The third-order valence-electron chi connectivity index (χ3n) is 5.61. The van der Waals surface area contributed by atoms with Gasteiger partial charge in [0.2, 0.25) is 5.95 Å². The Morgan fingerprint density at radius 3 is 2.64 bits per heavy atom. The molecule has 3 heterocycles. The maximum Gasteiger partial charge on any atom is 0.222 e. The first-order valence-corrected chi connectivity index (χ1v) is 9.51. The molecule has 6 nitrogen and oxygen atoms in total. The number of hydrogen-bond donors (Lipinski definition) is 1. The van der Waals surface area contributed by atoms with E-state index in [1.807, 2.05) is 12.4 Å². The van der Waals surface area contributed by atoms with E-state index in [-0.39, 0.29) is 0 Å². The Bertz CT molecular complexity index is 749. The molecule has 1 aliphatic heterocycles. The molecule has 1 saturated carbocycles. The minimum atomic E-state index is 0.615. The molecule has 3 aliphatic rings. The minimum absolute atomic E-state index is 0.615. The molecule has 1 saturated heterocycles. The van der Waals surface area contributed by atoms with Crippen LogP contribution in [-0.2, 0) is 12.8 Å². The molecule has 0 amide bonds. The Morgan fingerprint density at radius 1 is 1.04 bits per heavy atom. The quantitative estimate of drug-likeness (QED) is 0.905. The number of rotatable bonds is 5. The highest BCUT2D eigenvalue weighted by Crippen LogP contribution is 2.39. The van der Waals surface area contributed by atoms with Crippen molar-refractivity contribution in [3.05, 3.63) is 35.3 Å². The Labute approximate surface area is 148 Å². The predicted octanol–water partition coefficient (Wildman–Crippen LogP) is 2.57. The highest BCUT2D eigenvalue weighted by molar-refractivity contribution is 5.45. The largest absolute Gasteiger partial charge is 0.354 e. The van der Waals surface area contributed by atoms with Gasteiger partial charge in [-0.3, -0.25) is 0 Å². The Kier molecular flexibility index (Phi) is 3.76. The van der Waals surface area contributed by atoms with Crippen molar-refractivity contribution in [1.29, 1.82) is 0 Å². The van der Waals surface area contributed by atoms with Crippen molar-refractivity contribution >= 4 is 11.8 Å². The molecule has 6 heteroatoms. The average molecular weight is 336 g/mol. The number of nitrogens with zero attached hydrogens (tertiary/aromatic N) is 5. The lowest BCUT2D eigenvalue weighted by Gasteiger charge is -2.40. The van der Waals surface area contributed by atoms with Gasteiger partial charge in [-0.05, 0) is 61.6 Å². The summed E-state index contributed by atoms with van der Waals surface area (Å²) in [5.74, 6) is 3.12. The number of hydrogen-bond acceptors (Lipinski definition) is 6. The molecular weight excluding hydrogens is 312 g/mol. The second kappa shape index (κ2) is 6.24. The number of aryl methyl sites for hydroxylation is 2. The molecule has 2 aromatic heterocycles. The van der Waals surface area contributed by atoms with Crippen LogP contribution in [-0.4, -0.2) is 39.8 Å². The molecule has 0 spiro atoms. The summed E-state index contributed by atoms with van der Waals surface area (Å²) in [5, 5.41) is 12.2. The average Bonchev–Trinajstić information content (AvgIpc) is 3.46. The first kappa shape index (κ1) is 15.0. The van der Waals surface area contributed by atoms with Gasteiger partial charge in [0, 0.05) is 37.9 Å². The molecule has 0 radical (unpaired) electrons. The minimum Gasteiger partial charge on any atom is -0.354 e. The van der Waals surface area contributed by atoms with E-state index >= 15 is 0 Å².